The number of unbranched alkanes of at least 4 members (excludes halogenated alkanes) is 3. The first-order chi connectivity index (χ1) is 11.9. The van der Waals surface area contributed by atoms with Crippen molar-refractivity contribution in [2.45, 2.75) is 57.3 Å². The van der Waals surface area contributed by atoms with Crippen LogP contribution in [0.2, 0.25) is 0 Å². The van der Waals surface area contributed by atoms with Crippen molar-refractivity contribution in [3.8, 4) is 0 Å². The molecule has 0 saturated carbocycles. The van der Waals surface area contributed by atoms with E-state index in [1.54, 1.807) is 12.1 Å². The van der Waals surface area contributed by atoms with Gasteiger partial charge in [0.05, 0.1) is 4.90 Å². The Labute approximate surface area is 155 Å². The second kappa shape index (κ2) is 11.2. The number of thiocarbonyl (C=S) groups is 1. The van der Waals surface area contributed by atoms with Gasteiger partial charge < -0.3 is 10.6 Å². The first-order valence-corrected chi connectivity index (χ1v) is 10.5. The van der Waals surface area contributed by atoms with E-state index < -0.39 is 10.0 Å². The molecule has 25 heavy (non-hydrogen) atoms. The molecule has 0 radical (unpaired) electrons. The smallest absolute Gasteiger partial charge is 0.240 e. The lowest BCUT2D eigenvalue weighted by Gasteiger charge is -2.10. The van der Waals surface area contributed by atoms with Crippen molar-refractivity contribution in [1.29, 1.82) is 0 Å². The van der Waals surface area contributed by atoms with Crippen LogP contribution < -0.4 is 15.4 Å². The Kier molecular flexibility index (Phi) is 9.62. The van der Waals surface area contributed by atoms with E-state index in [2.05, 4.69) is 22.3 Å². The quantitative estimate of drug-likeness (QED) is 0.425. The molecule has 0 atom stereocenters. The van der Waals surface area contributed by atoms with Gasteiger partial charge in [-0.25, -0.2) is 13.1 Å². The third-order valence-electron chi connectivity index (χ3n) is 3.47. The zero-order valence-corrected chi connectivity index (χ0v) is 16.4. The van der Waals surface area contributed by atoms with Crippen LogP contribution in [0.25, 0.3) is 0 Å². The molecule has 0 bridgehead atoms. The number of carbonyl (C=O) groups is 1. The van der Waals surface area contributed by atoms with Crippen molar-refractivity contribution in [1.82, 2.24) is 10.0 Å². The molecule has 0 fully saturated rings. The number of anilines is 1. The molecule has 0 saturated heterocycles. The van der Waals surface area contributed by atoms with Crippen molar-refractivity contribution >= 4 is 38.9 Å². The van der Waals surface area contributed by atoms with Crippen LogP contribution in [0.1, 0.15) is 52.4 Å². The molecule has 0 spiro atoms. The van der Waals surface area contributed by atoms with Crippen LogP contribution in [-0.4, -0.2) is 26.0 Å². The maximum absolute atomic E-state index is 12.0. The van der Waals surface area contributed by atoms with Gasteiger partial charge >= 0.3 is 0 Å². The van der Waals surface area contributed by atoms with E-state index in [0.717, 1.165) is 32.1 Å². The second-order valence-electron chi connectivity index (χ2n) is 5.74. The van der Waals surface area contributed by atoms with E-state index >= 15 is 0 Å². The summed E-state index contributed by atoms with van der Waals surface area (Å²) in [5.74, 6) is -0.114. The number of carbonyl (C=O) groups excluding carboxylic acids is 1. The third kappa shape index (κ3) is 8.42. The van der Waals surface area contributed by atoms with Crippen LogP contribution >= 0.6 is 12.2 Å². The van der Waals surface area contributed by atoms with Gasteiger partial charge in [-0.3, -0.25) is 4.79 Å². The first kappa shape index (κ1) is 21.5. The summed E-state index contributed by atoms with van der Waals surface area (Å²) < 4.78 is 26.5. The number of hydrogen-bond acceptors (Lipinski definition) is 4. The Bertz CT molecular complexity index is 658. The number of rotatable bonds is 10. The molecule has 0 aliphatic carbocycles. The standard InChI is InChI=1S/C17H27N3O3S2/c1-3-5-6-7-8-16(21)20-17(24)19-14-9-11-15(12-10-14)25(22,23)18-13-4-2/h9-12,18H,3-8,13H2,1-2H3,(H2,19,20,21,24). The van der Waals surface area contributed by atoms with Gasteiger partial charge in [-0.15, -0.1) is 0 Å². The van der Waals surface area contributed by atoms with E-state index in [9.17, 15) is 13.2 Å². The zero-order chi connectivity index (χ0) is 18.7. The fraction of sp³-hybridized carbons (Fsp3) is 0.529. The van der Waals surface area contributed by atoms with Crippen LogP contribution in [0.3, 0.4) is 0 Å². The highest BCUT2D eigenvalue weighted by Gasteiger charge is 2.12. The molecule has 3 N–H and O–H groups in total. The summed E-state index contributed by atoms with van der Waals surface area (Å²) in [6.07, 6.45) is 5.30. The van der Waals surface area contributed by atoms with Crippen molar-refractivity contribution < 1.29 is 13.2 Å². The molecule has 1 amide bonds. The normalized spacial score (nSPS) is 11.1. The van der Waals surface area contributed by atoms with Gasteiger partial charge in [-0.1, -0.05) is 33.1 Å². The summed E-state index contributed by atoms with van der Waals surface area (Å²) in [6.45, 7) is 4.42. The molecule has 0 aliphatic heterocycles. The zero-order valence-electron chi connectivity index (χ0n) is 14.8. The van der Waals surface area contributed by atoms with Gasteiger partial charge in [0.2, 0.25) is 15.9 Å². The average Bonchev–Trinajstić information content (AvgIpc) is 2.57. The molecule has 1 rings (SSSR count). The van der Waals surface area contributed by atoms with Crippen molar-refractivity contribution in [3.05, 3.63) is 24.3 Å². The van der Waals surface area contributed by atoms with Crippen molar-refractivity contribution in [2.24, 2.45) is 0 Å². The van der Waals surface area contributed by atoms with Crippen molar-refractivity contribution in [3.63, 3.8) is 0 Å². The number of benzene rings is 1. The van der Waals surface area contributed by atoms with Gasteiger partial charge in [0.1, 0.15) is 0 Å². The summed E-state index contributed by atoms with van der Waals surface area (Å²) >= 11 is 5.10. The fourth-order valence-corrected chi connectivity index (χ4v) is 3.47. The van der Waals surface area contributed by atoms with E-state index in [1.165, 1.54) is 12.1 Å². The molecule has 8 heteroatoms. The van der Waals surface area contributed by atoms with Gasteiger partial charge in [0.25, 0.3) is 0 Å². The minimum atomic E-state index is -3.48. The Balaban J connectivity index is 2.49. The molecule has 0 heterocycles. The molecular weight excluding hydrogens is 358 g/mol. The van der Waals surface area contributed by atoms with Gasteiger partial charge in [0, 0.05) is 18.7 Å². The molecule has 0 unspecified atom stereocenters. The number of amides is 1. The first-order valence-electron chi connectivity index (χ1n) is 8.59. The lowest BCUT2D eigenvalue weighted by atomic mass is 10.1. The van der Waals surface area contributed by atoms with Crippen LogP contribution in [-0.2, 0) is 14.8 Å². The average molecular weight is 386 g/mol. The highest BCUT2D eigenvalue weighted by atomic mass is 32.2. The molecule has 6 nitrogen and oxygen atoms in total. The van der Waals surface area contributed by atoms with E-state index in [-0.39, 0.29) is 15.9 Å². The Morgan fingerprint density at radius 2 is 1.72 bits per heavy atom. The highest BCUT2D eigenvalue weighted by Crippen LogP contribution is 2.14. The molecule has 0 aliphatic rings. The molecule has 1 aromatic rings. The summed E-state index contributed by atoms with van der Waals surface area (Å²) in [5.41, 5.74) is 0.616. The van der Waals surface area contributed by atoms with E-state index in [0.29, 0.717) is 18.7 Å². The highest BCUT2D eigenvalue weighted by molar-refractivity contribution is 7.89. The van der Waals surface area contributed by atoms with Crippen LogP contribution in [0, 0.1) is 0 Å². The Hall–Kier alpha value is -1.51. The monoisotopic (exact) mass is 385 g/mol. The molecular formula is C17H27N3O3S2. The Morgan fingerprint density at radius 3 is 2.32 bits per heavy atom. The van der Waals surface area contributed by atoms with Gasteiger partial charge in [-0.2, -0.15) is 0 Å². The molecule has 140 valence electrons. The number of nitrogens with one attached hydrogen (secondary N) is 3. The van der Waals surface area contributed by atoms with Gasteiger partial charge in [0.15, 0.2) is 5.11 Å². The third-order valence-corrected chi connectivity index (χ3v) is 5.16. The predicted octanol–water partition coefficient (Wildman–Crippen LogP) is 3.16. The predicted molar refractivity (Wildman–Crippen MR) is 105 cm³/mol. The maximum atomic E-state index is 12.0. The van der Waals surface area contributed by atoms with Crippen LogP contribution in [0.4, 0.5) is 5.69 Å². The summed E-state index contributed by atoms with van der Waals surface area (Å²) in [5, 5.41) is 5.72. The minimum Gasteiger partial charge on any atom is -0.332 e. The second-order valence-corrected chi connectivity index (χ2v) is 7.91. The lowest BCUT2D eigenvalue weighted by molar-refractivity contribution is -0.119. The van der Waals surface area contributed by atoms with Crippen LogP contribution in [0.5, 0.6) is 0 Å². The summed E-state index contributed by atoms with van der Waals surface area (Å²) in [4.78, 5) is 12.0. The minimum absolute atomic E-state index is 0.114. The van der Waals surface area contributed by atoms with E-state index in [1.807, 2.05) is 6.92 Å². The summed E-state index contributed by atoms with van der Waals surface area (Å²) in [7, 11) is -3.48. The summed E-state index contributed by atoms with van der Waals surface area (Å²) in [6, 6.07) is 6.21. The number of hydrogen-bond donors (Lipinski definition) is 3. The maximum Gasteiger partial charge on any atom is 0.240 e. The van der Waals surface area contributed by atoms with Gasteiger partial charge in [-0.05, 0) is 49.3 Å². The molecule has 1 aromatic carbocycles. The lowest BCUT2D eigenvalue weighted by Crippen LogP contribution is -2.33. The molecule has 0 aromatic heterocycles. The topological polar surface area (TPSA) is 87.3 Å². The largest absolute Gasteiger partial charge is 0.332 e. The van der Waals surface area contributed by atoms with E-state index in [4.69, 9.17) is 12.2 Å². The fourth-order valence-electron chi connectivity index (χ4n) is 2.10. The SMILES string of the molecule is CCCCCCC(=O)NC(=S)Nc1ccc(S(=O)(=O)NCCC)cc1. The van der Waals surface area contributed by atoms with Crippen molar-refractivity contribution in [2.75, 3.05) is 11.9 Å². The number of sulfonamides is 1. The van der Waals surface area contributed by atoms with Crippen LogP contribution in [0.15, 0.2) is 29.2 Å². The Morgan fingerprint density at radius 1 is 1.04 bits per heavy atom.